The highest BCUT2D eigenvalue weighted by Crippen LogP contribution is 2.26. The summed E-state index contributed by atoms with van der Waals surface area (Å²) in [6, 6.07) is 6.26. The highest BCUT2D eigenvalue weighted by atomic mass is 16.5. The van der Waals surface area contributed by atoms with E-state index in [4.69, 9.17) is 4.74 Å². The van der Waals surface area contributed by atoms with Crippen LogP contribution in [0.3, 0.4) is 0 Å². The van der Waals surface area contributed by atoms with Gasteiger partial charge in [0, 0.05) is 17.8 Å². The molecule has 2 aliphatic rings. The van der Waals surface area contributed by atoms with E-state index in [1.165, 1.54) is 0 Å². The molecular weight excluding hydrogens is 494 g/mol. The summed E-state index contributed by atoms with van der Waals surface area (Å²) in [4.78, 5) is 37.4. The number of amides is 2. The number of esters is 1. The van der Waals surface area contributed by atoms with E-state index < -0.39 is 0 Å². The minimum atomic E-state index is -0.261. The molecule has 1 aliphatic carbocycles. The molecule has 2 atom stereocenters. The van der Waals surface area contributed by atoms with Crippen LogP contribution in [0.15, 0.2) is 41.6 Å². The predicted molar refractivity (Wildman–Crippen MR) is 153 cm³/mol. The Balaban J connectivity index is 1.46. The quantitative estimate of drug-likeness (QED) is 0.259. The Morgan fingerprint density at radius 2 is 1.87 bits per heavy atom. The molecule has 1 aromatic carbocycles. The largest absolute Gasteiger partial charge is 0.466 e. The molecule has 1 fully saturated rings. The molecule has 1 aromatic rings. The summed E-state index contributed by atoms with van der Waals surface area (Å²) in [6.45, 7) is 9.42. The van der Waals surface area contributed by atoms with Gasteiger partial charge in [0.15, 0.2) is 0 Å². The van der Waals surface area contributed by atoms with E-state index >= 15 is 0 Å². The van der Waals surface area contributed by atoms with Crippen LogP contribution in [0.2, 0.25) is 0 Å². The molecule has 214 valence electrons. The number of hydrogen-bond acceptors (Lipinski definition) is 7. The summed E-state index contributed by atoms with van der Waals surface area (Å²) in [5.74, 6) is -0.829. The average Bonchev–Trinajstić information content (AvgIpc) is 2.88. The summed E-state index contributed by atoms with van der Waals surface area (Å²) in [5, 5.41) is 16.1. The van der Waals surface area contributed by atoms with Crippen LogP contribution in [0.25, 0.3) is 0 Å². The van der Waals surface area contributed by atoms with Crippen LogP contribution in [0.1, 0.15) is 68.1 Å². The fourth-order valence-electron chi connectivity index (χ4n) is 5.05. The summed E-state index contributed by atoms with van der Waals surface area (Å²) < 4.78 is 5.17. The molecule has 0 spiro atoms. The number of benzene rings is 1. The van der Waals surface area contributed by atoms with Crippen LogP contribution in [0.5, 0.6) is 0 Å². The standard InChI is InChI=1S/C30H45N5O4/c1-4-39-29(37)19-23(25-16-21(2)15-22(3)17-25)9-14-33-28(36)20-34-30(38)24-7-5-8-26(18-24)35-27-10-13-31-11-6-12-32-27/h7,15-18,23,27,31-32,35H,4-6,8-14,19-20H2,1-3H3,(H,33,36)(H,34,38). The third kappa shape index (κ3) is 10.8. The molecule has 0 radical (unpaired) electrons. The van der Waals surface area contributed by atoms with Crippen LogP contribution in [-0.2, 0) is 19.1 Å². The van der Waals surface area contributed by atoms with Gasteiger partial charge in [-0.1, -0.05) is 35.4 Å². The fourth-order valence-corrected chi connectivity index (χ4v) is 5.05. The highest BCUT2D eigenvalue weighted by molar-refractivity contribution is 5.98. The van der Waals surface area contributed by atoms with Gasteiger partial charge in [0.05, 0.1) is 25.7 Å². The number of hydrogen-bond donors (Lipinski definition) is 5. The lowest BCUT2D eigenvalue weighted by molar-refractivity contribution is -0.143. The molecule has 39 heavy (non-hydrogen) atoms. The van der Waals surface area contributed by atoms with Gasteiger partial charge in [-0.2, -0.15) is 0 Å². The van der Waals surface area contributed by atoms with E-state index in [1.54, 1.807) is 6.92 Å². The van der Waals surface area contributed by atoms with Gasteiger partial charge in [-0.15, -0.1) is 0 Å². The second-order valence-corrected chi connectivity index (χ2v) is 10.4. The third-order valence-corrected chi connectivity index (χ3v) is 6.92. The van der Waals surface area contributed by atoms with Crippen LogP contribution < -0.4 is 26.6 Å². The van der Waals surface area contributed by atoms with Gasteiger partial charge in [-0.3, -0.25) is 19.7 Å². The van der Waals surface area contributed by atoms with Gasteiger partial charge in [-0.25, -0.2) is 0 Å². The van der Waals surface area contributed by atoms with Gasteiger partial charge in [0.25, 0.3) is 5.91 Å². The first kappa shape index (κ1) is 30.4. The van der Waals surface area contributed by atoms with Crippen LogP contribution >= 0.6 is 0 Å². The Kier molecular flexibility index (Phi) is 12.5. The van der Waals surface area contributed by atoms with Crippen molar-refractivity contribution in [2.24, 2.45) is 0 Å². The fraction of sp³-hybridized carbons (Fsp3) is 0.567. The predicted octanol–water partition coefficient (Wildman–Crippen LogP) is 2.46. The average molecular weight is 540 g/mol. The van der Waals surface area contributed by atoms with E-state index in [-0.39, 0.29) is 42.8 Å². The first-order valence-electron chi connectivity index (χ1n) is 14.2. The molecule has 2 unspecified atom stereocenters. The molecule has 9 nitrogen and oxygen atoms in total. The molecule has 0 saturated carbocycles. The van der Waals surface area contributed by atoms with Crippen LogP contribution in [-0.4, -0.2) is 63.3 Å². The zero-order valence-corrected chi connectivity index (χ0v) is 23.7. The Hall–Kier alpha value is -3.17. The second-order valence-electron chi connectivity index (χ2n) is 10.4. The van der Waals surface area contributed by atoms with Crippen LogP contribution in [0, 0.1) is 13.8 Å². The van der Waals surface area contributed by atoms with E-state index in [2.05, 4.69) is 44.8 Å². The molecule has 9 heteroatoms. The molecule has 3 rings (SSSR count). The smallest absolute Gasteiger partial charge is 0.306 e. The van der Waals surface area contributed by atoms with Crippen LogP contribution in [0.4, 0.5) is 0 Å². The van der Waals surface area contributed by atoms with E-state index in [0.717, 1.165) is 67.7 Å². The van der Waals surface area contributed by atoms with Gasteiger partial charge in [-0.05, 0) is 90.1 Å². The van der Waals surface area contributed by atoms with Gasteiger partial charge in [0.1, 0.15) is 0 Å². The summed E-state index contributed by atoms with van der Waals surface area (Å²) in [5.41, 5.74) is 4.93. The minimum Gasteiger partial charge on any atom is -0.466 e. The van der Waals surface area contributed by atoms with Crippen molar-refractivity contribution in [3.8, 4) is 0 Å². The number of carbonyl (C=O) groups is 3. The number of ether oxygens (including phenoxy) is 1. The Labute approximate surface area is 232 Å². The van der Waals surface area contributed by atoms with E-state index in [9.17, 15) is 14.4 Å². The molecule has 0 bridgehead atoms. The molecule has 1 saturated heterocycles. The van der Waals surface area contributed by atoms with Crippen molar-refractivity contribution in [1.29, 1.82) is 0 Å². The summed E-state index contributed by atoms with van der Waals surface area (Å²) >= 11 is 0. The first-order valence-corrected chi connectivity index (χ1v) is 14.2. The lowest BCUT2D eigenvalue weighted by Gasteiger charge is -2.26. The highest BCUT2D eigenvalue weighted by Gasteiger charge is 2.19. The maximum atomic E-state index is 12.7. The maximum Gasteiger partial charge on any atom is 0.306 e. The zero-order valence-electron chi connectivity index (χ0n) is 23.7. The molecule has 5 N–H and O–H groups in total. The Bertz CT molecular complexity index is 1020. The zero-order chi connectivity index (χ0) is 28.0. The molecule has 2 amide bonds. The third-order valence-electron chi connectivity index (χ3n) is 6.92. The van der Waals surface area contributed by atoms with E-state index in [1.807, 2.05) is 26.0 Å². The van der Waals surface area contributed by atoms with Crippen molar-refractivity contribution in [3.05, 3.63) is 58.3 Å². The number of allylic oxidation sites excluding steroid dienone is 2. The summed E-state index contributed by atoms with van der Waals surface area (Å²) in [7, 11) is 0. The lowest BCUT2D eigenvalue weighted by Crippen LogP contribution is -2.46. The minimum absolute atomic E-state index is 0.0656. The normalized spacial score (nSPS) is 18.5. The number of carbonyl (C=O) groups excluding carboxylic acids is 3. The van der Waals surface area contributed by atoms with Crippen molar-refractivity contribution in [2.75, 3.05) is 39.3 Å². The number of nitrogens with one attached hydrogen (secondary N) is 5. The Morgan fingerprint density at radius 3 is 2.64 bits per heavy atom. The monoisotopic (exact) mass is 539 g/mol. The van der Waals surface area contributed by atoms with Crippen molar-refractivity contribution < 1.29 is 19.1 Å². The van der Waals surface area contributed by atoms with E-state index in [0.29, 0.717) is 25.1 Å². The maximum absolute atomic E-state index is 12.7. The van der Waals surface area contributed by atoms with Gasteiger partial charge >= 0.3 is 5.97 Å². The second kappa shape index (κ2) is 16.1. The van der Waals surface area contributed by atoms with Gasteiger partial charge < -0.3 is 26.0 Å². The van der Waals surface area contributed by atoms with Gasteiger partial charge in [0.2, 0.25) is 5.91 Å². The number of rotatable bonds is 12. The molecule has 1 heterocycles. The van der Waals surface area contributed by atoms with Crippen molar-refractivity contribution in [1.82, 2.24) is 26.6 Å². The topological polar surface area (TPSA) is 121 Å². The number of aryl methyl sites for hydroxylation is 2. The molecule has 0 aromatic heterocycles. The molecular formula is C30H45N5O4. The molecule has 1 aliphatic heterocycles. The summed E-state index contributed by atoms with van der Waals surface area (Å²) in [6.07, 6.45) is 8.51. The van der Waals surface area contributed by atoms with Crippen molar-refractivity contribution in [3.63, 3.8) is 0 Å². The first-order chi connectivity index (χ1) is 18.8. The van der Waals surface area contributed by atoms with Crippen molar-refractivity contribution in [2.45, 2.75) is 71.4 Å². The van der Waals surface area contributed by atoms with Crippen molar-refractivity contribution >= 4 is 17.8 Å². The lowest BCUT2D eigenvalue weighted by atomic mass is 9.90. The SMILES string of the molecule is CCOC(=O)CC(CCNC(=O)CNC(=O)C1=CCCC(NC2CCNCCCN2)=C1)c1cc(C)cc(C)c1. The Morgan fingerprint density at radius 1 is 1.08 bits per heavy atom.